The molecule has 1 aliphatic rings. The van der Waals surface area contributed by atoms with E-state index >= 15 is 0 Å². The van der Waals surface area contributed by atoms with Crippen molar-refractivity contribution in [3.63, 3.8) is 0 Å². The molecule has 25 heavy (non-hydrogen) atoms. The average molecular weight is 364 g/mol. The molecule has 2 aromatic rings. The molecule has 1 fully saturated rings. The monoisotopic (exact) mass is 363 g/mol. The zero-order chi connectivity index (χ0) is 17.3. The number of hydrogen-bond acceptors (Lipinski definition) is 5. The van der Waals surface area contributed by atoms with Gasteiger partial charge in [0.25, 0.3) is 0 Å². The second-order valence-corrected chi connectivity index (χ2v) is 5.79. The number of nitrogens with zero attached hydrogens (tertiary/aromatic N) is 1. The highest BCUT2D eigenvalue weighted by Crippen LogP contribution is 2.31. The minimum absolute atomic E-state index is 0. The van der Waals surface area contributed by atoms with Crippen molar-refractivity contribution in [2.45, 2.75) is 25.7 Å². The van der Waals surface area contributed by atoms with Crippen molar-refractivity contribution in [3.05, 3.63) is 35.5 Å². The van der Waals surface area contributed by atoms with E-state index in [1.165, 1.54) is 0 Å². The van der Waals surface area contributed by atoms with Gasteiger partial charge in [0.2, 0.25) is 11.8 Å². The molecule has 1 aromatic heterocycles. The summed E-state index contributed by atoms with van der Waals surface area (Å²) in [6, 6.07) is 7.33. The van der Waals surface area contributed by atoms with Crippen LogP contribution in [0.2, 0.25) is 0 Å². The van der Waals surface area contributed by atoms with Gasteiger partial charge in [0, 0.05) is 17.5 Å². The van der Waals surface area contributed by atoms with Gasteiger partial charge in [-0.15, -0.1) is 12.4 Å². The number of carboxylic acid groups (broad SMARTS) is 1. The molecule has 2 amide bonds. The van der Waals surface area contributed by atoms with Gasteiger partial charge >= 0.3 is 5.97 Å². The number of aryl methyl sites for hydroxylation is 1. The van der Waals surface area contributed by atoms with Gasteiger partial charge in [-0.2, -0.15) is 0 Å². The second-order valence-electron chi connectivity index (χ2n) is 5.79. The van der Waals surface area contributed by atoms with Gasteiger partial charge in [0.15, 0.2) is 0 Å². The molecule has 0 saturated carbocycles. The summed E-state index contributed by atoms with van der Waals surface area (Å²) in [4.78, 5) is 38.7. The number of rotatable bonds is 4. The summed E-state index contributed by atoms with van der Waals surface area (Å²) in [6.45, 7) is 1.61. The molecular weight excluding hydrogens is 346 g/mol. The number of anilines is 1. The number of carbonyl (C=O) groups is 3. The molecule has 2 heterocycles. The van der Waals surface area contributed by atoms with Gasteiger partial charge in [-0.1, -0.05) is 12.1 Å². The predicted molar refractivity (Wildman–Crippen MR) is 95.0 cm³/mol. The summed E-state index contributed by atoms with van der Waals surface area (Å²) in [5.41, 5.74) is 2.78. The number of aromatic nitrogens is 1. The summed E-state index contributed by atoms with van der Waals surface area (Å²) in [5.74, 6) is -1.89. The van der Waals surface area contributed by atoms with Crippen molar-refractivity contribution in [2.75, 3.05) is 11.9 Å². The van der Waals surface area contributed by atoms with Crippen molar-refractivity contribution in [3.8, 4) is 0 Å². The molecule has 0 bridgehead atoms. The number of fused-ring (bicyclic) bond motifs is 1. The zero-order valence-electron chi connectivity index (χ0n) is 13.5. The van der Waals surface area contributed by atoms with Crippen LogP contribution in [0.25, 0.3) is 10.9 Å². The van der Waals surface area contributed by atoms with Crippen LogP contribution in [0.3, 0.4) is 0 Å². The molecule has 7 nitrogen and oxygen atoms in total. The largest absolute Gasteiger partial charge is 0.480 e. The van der Waals surface area contributed by atoms with E-state index in [0.717, 1.165) is 10.9 Å². The van der Waals surface area contributed by atoms with Crippen molar-refractivity contribution < 1.29 is 19.5 Å². The first-order valence-corrected chi connectivity index (χ1v) is 7.65. The summed E-state index contributed by atoms with van der Waals surface area (Å²) >= 11 is 0. The lowest BCUT2D eigenvalue weighted by molar-refractivity contribution is -0.135. The first-order valence-electron chi connectivity index (χ1n) is 7.65. The highest BCUT2D eigenvalue weighted by atomic mass is 35.5. The number of pyridine rings is 1. The topological polar surface area (TPSA) is 108 Å². The van der Waals surface area contributed by atoms with Crippen LogP contribution in [0.15, 0.2) is 24.3 Å². The fraction of sp³-hybridized carbons (Fsp3) is 0.294. The van der Waals surface area contributed by atoms with E-state index in [1.54, 1.807) is 12.1 Å². The van der Waals surface area contributed by atoms with Crippen LogP contribution in [-0.2, 0) is 14.4 Å². The molecule has 0 radical (unpaired) electrons. The molecule has 0 spiro atoms. The van der Waals surface area contributed by atoms with E-state index < -0.39 is 11.9 Å². The molecule has 3 N–H and O–H groups in total. The Hall–Kier alpha value is -2.67. The molecule has 8 heteroatoms. The Kier molecular flexibility index (Phi) is 5.58. The van der Waals surface area contributed by atoms with Crippen molar-refractivity contribution >= 4 is 46.8 Å². The van der Waals surface area contributed by atoms with E-state index in [2.05, 4.69) is 15.6 Å². The molecule has 1 aliphatic heterocycles. The average Bonchev–Trinajstić information content (AvgIpc) is 2.53. The van der Waals surface area contributed by atoms with Crippen LogP contribution in [0, 0.1) is 6.92 Å². The Morgan fingerprint density at radius 3 is 2.84 bits per heavy atom. The third kappa shape index (κ3) is 3.88. The third-order valence-corrected chi connectivity index (χ3v) is 4.12. The molecular formula is C17H18ClN3O4. The van der Waals surface area contributed by atoms with Crippen molar-refractivity contribution in [1.82, 2.24) is 10.3 Å². The number of aliphatic carboxylic acids is 1. The van der Waals surface area contributed by atoms with E-state index in [4.69, 9.17) is 5.11 Å². The van der Waals surface area contributed by atoms with Crippen LogP contribution in [0.5, 0.6) is 0 Å². The standard InChI is InChI=1S/C17H17N3O4.ClH/c1-9-12(11-5-6-14(21)20-17(11)24)7-10-3-2-4-13(16(10)19-9)18-8-15(22)23;/h2-4,7,11,18H,5-6,8H2,1H3,(H,22,23)(H,20,21,24);1H. The number of carbonyl (C=O) groups excluding carboxylic acids is 2. The second kappa shape index (κ2) is 7.48. The number of nitrogens with one attached hydrogen (secondary N) is 2. The number of amides is 2. The fourth-order valence-electron chi connectivity index (χ4n) is 2.96. The maximum atomic E-state index is 12.1. The lowest BCUT2D eigenvalue weighted by Gasteiger charge is -2.22. The Morgan fingerprint density at radius 2 is 2.16 bits per heavy atom. The smallest absolute Gasteiger partial charge is 0.322 e. The van der Waals surface area contributed by atoms with E-state index in [1.807, 2.05) is 19.1 Å². The van der Waals surface area contributed by atoms with Gasteiger partial charge in [0.05, 0.1) is 17.1 Å². The number of piperidine rings is 1. The zero-order valence-corrected chi connectivity index (χ0v) is 14.4. The Morgan fingerprint density at radius 1 is 1.40 bits per heavy atom. The Bertz CT molecular complexity index is 853. The first kappa shape index (κ1) is 18.7. The number of imide groups is 1. The van der Waals surface area contributed by atoms with E-state index in [0.29, 0.717) is 29.7 Å². The minimum atomic E-state index is -0.955. The molecule has 1 atom stereocenters. The Labute approximate surface area is 150 Å². The van der Waals surface area contributed by atoms with E-state index in [-0.39, 0.29) is 30.8 Å². The van der Waals surface area contributed by atoms with Gasteiger partial charge in [-0.05, 0) is 31.0 Å². The van der Waals surface area contributed by atoms with Crippen LogP contribution < -0.4 is 10.6 Å². The third-order valence-electron chi connectivity index (χ3n) is 4.12. The van der Waals surface area contributed by atoms with Crippen molar-refractivity contribution in [1.29, 1.82) is 0 Å². The van der Waals surface area contributed by atoms with Crippen molar-refractivity contribution in [2.24, 2.45) is 0 Å². The van der Waals surface area contributed by atoms with Crippen LogP contribution in [0.1, 0.15) is 30.0 Å². The summed E-state index contributed by atoms with van der Waals surface area (Å²) in [7, 11) is 0. The number of para-hydroxylation sites is 1. The van der Waals surface area contributed by atoms with Crippen LogP contribution in [0.4, 0.5) is 5.69 Å². The molecule has 0 aliphatic carbocycles. The maximum Gasteiger partial charge on any atom is 0.322 e. The highest BCUT2D eigenvalue weighted by Gasteiger charge is 2.29. The number of carboxylic acids is 1. The quantitative estimate of drug-likeness (QED) is 0.717. The lowest BCUT2D eigenvalue weighted by atomic mass is 9.89. The highest BCUT2D eigenvalue weighted by molar-refractivity contribution is 6.01. The van der Waals surface area contributed by atoms with Gasteiger partial charge in [0.1, 0.15) is 6.54 Å². The minimum Gasteiger partial charge on any atom is -0.480 e. The molecule has 1 saturated heterocycles. The summed E-state index contributed by atoms with van der Waals surface area (Å²) in [6.07, 6.45) is 0.781. The van der Waals surface area contributed by atoms with E-state index in [9.17, 15) is 14.4 Å². The first-order chi connectivity index (χ1) is 11.5. The van der Waals surface area contributed by atoms with Gasteiger partial charge in [-0.25, -0.2) is 0 Å². The molecule has 132 valence electrons. The lowest BCUT2D eigenvalue weighted by Crippen LogP contribution is -2.39. The number of benzene rings is 1. The van der Waals surface area contributed by atoms with Crippen LogP contribution >= 0.6 is 12.4 Å². The summed E-state index contributed by atoms with van der Waals surface area (Å²) in [5, 5.41) is 14.8. The van der Waals surface area contributed by atoms with Crippen LogP contribution in [-0.4, -0.2) is 34.4 Å². The van der Waals surface area contributed by atoms with Gasteiger partial charge < -0.3 is 10.4 Å². The molecule has 3 rings (SSSR count). The Balaban J connectivity index is 0.00000225. The summed E-state index contributed by atoms with van der Waals surface area (Å²) < 4.78 is 0. The maximum absolute atomic E-state index is 12.1. The number of halogens is 1. The predicted octanol–water partition coefficient (Wildman–Crippen LogP) is 1.98. The number of hydrogen-bond donors (Lipinski definition) is 3. The van der Waals surface area contributed by atoms with Gasteiger partial charge in [-0.3, -0.25) is 24.7 Å². The fourth-order valence-corrected chi connectivity index (χ4v) is 2.96. The SMILES string of the molecule is Cc1nc2c(NCC(=O)O)cccc2cc1C1CCC(=O)NC1=O.Cl. The normalized spacial score (nSPS) is 16.9. The molecule has 1 unspecified atom stereocenters. The molecule has 1 aromatic carbocycles.